The lowest BCUT2D eigenvalue weighted by Crippen LogP contribution is -2.67. The summed E-state index contributed by atoms with van der Waals surface area (Å²) in [4.78, 5) is 38.1. The molecule has 2 saturated heterocycles. The summed E-state index contributed by atoms with van der Waals surface area (Å²) in [5, 5.41) is 32.6. The number of hydrogen-bond acceptors (Lipinski definition) is 10. The van der Waals surface area contributed by atoms with Gasteiger partial charge in [-0.25, -0.2) is 0 Å². The van der Waals surface area contributed by atoms with Gasteiger partial charge in [0.25, 0.3) is 0 Å². The van der Waals surface area contributed by atoms with Crippen molar-refractivity contribution in [1.29, 1.82) is 0 Å². The molecule has 248 valence electrons. The number of carbonyl (C=O) groups is 3. The Kier molecular flexibility index (Phi) is 7.96. The lowest BCUT2D eigenvalue weighted by molar-refractivity contribution is -0.353. The van der Waals surface area contributed by atoms with Crippen LogP contribution in [0.4, 0.5) is 0 Å². The molecule has 0 spiro atoms. The quantitative estimate of drug-likeness (QED) is 0.241. The lowest BCUT2D eigenvalue weighted by Gasteiger charge is -2.66. The Morgan fingerprint density at radius 1 is 1.00 bits per heavy atom. The van der Waals surface area contributed by atoms with Crippen molar-refractivity contribution in [3.63, 3.8) is 0 Å². The first kappa shape index (κ1) is 33.4. The SMILES string of the molecule is CC(=O)O[C@H]1CC(=O)OC(C)(C)[C@@H]2C[C@@H](OC(C)=O)[C@@]3(C)C4=CC[C@@H]([C@H]5CO[C@](O)(C(C)(C)O)[C@H](O)C5)[C@]4(C)CC[C@@H]3[C@@]12C. The zero-order valence-corrected chi connectivity index (χ0v) is 27.8. The van der Waals surface area contributed by atoms with Crippen molar-refractivity contribution < 1.29 is 48.7 Å². The van der Waals surface area contributed by atoms with E-state index in [-0.39, 0.29) is 54.5 Å². The summed E-state index contributed by atoms with van der Waals surface area (Å²) in [5.41, 5.74) is -2.98. The minimum atomic E-state index is -2.06. The third-order valence-corrected chi connectivity index (χ3v) is 12.7. The maximum absolute atomic E-state index is 13.1. The van der Waals surface area contributed by atoms with Gasteiger partial charge < -0.3 is 34.3 Å². The van der Waals surface area contributed by atoms with E-state index in [9.17, 15) is 29.7 Å². The smallest absolute Gasteiger partial charge is 0.310 e. The van der Waals surface area contributed by atoms with Crippen molar-refractivity contribution in [2.24, 2.45) is 39.9 Å². The highest BCUT2D eigenvalue weighted by atomic mass is 16.7. The molecule has 2 aliphatic heterocycles. The van der Waals surface area contributed by atoms with Crippen molar-refractivity contribution >= 4 is 17.9 Å². The Morgan fingerprint density at radius 3 is 2.18 bits per heavy atom. The van der Waals surface area contributed by atoms with E-state index in [1.54, 1.807) is 0 Å². The molecule has 0 amide bonds. The number of aliphatic hydroxyl groups excluding tert-OH is 1. The van der Waals surface area contributed by atoms with Gasteiger partial charge in [0.1, 0.15) is 29.5 Å². The minimum Gasteiger partial charge on any atom is -0.462 e. The standard InChI is InChI=1S/C34H52O10/c1-18(35)42-26-15-24-29(3,4)44-28(38)16-27(43-19(2)36)33(24,9)23-12-13-31(7)21(10-11-22(31)32(23,26)8)20-14-25(37)34(40,41-17-20)30(5,6)39/h11,20-21,23-27,37,39-40H,10,12-17H2,1-9H3/t20-,21+,23+,24+,25-,26-,27+,31+,32+,33-,34+/m1/s1. The van der Waals surface area contributed by atoms with E-state index in [1.165, 1.54) is 33.3 Å². The maximum Gasteiger partial charge on any atom is 0.310 e. The number of rotatable bonds is 4. The molecule has 3 N–H and O–H groups in total. The van der Waals surface area contributed by atoms with Crippen LogP contribution in [-0.2, 0) is 33.3 Å². The van der Waals surface area contributed by atoms with E-state index in [0.717, 1.165) is 19.3 Å². The number of allylic oxidation sites excluding steroid dienone is 1. The number of aliphatic hydroxyl groups is 3. The van der Waals surface area contributed by atoms with Gasteiger partial charge in [0, 0.05) is 30.6 Å². The zero-order valence-electron chi connectivity index (χ0n) is 27.8. The van der Waals surface area contributed by atoms with E-state index >= 15 is 0 Å². The van der Waals surface area contributed by atoms with Crippen LogP contribution in [0.3, 0.4) is 0 Å². The molecule has 0 bridgehead atoms. The van der Waals surface area contributed by atoms with Gasteiger partial charge in [0.05, 0.1) is 13.0 Å². The van der Waals surface area contributed by atoms with E-state index in [4.69, 9.17) is 18.9 Å². The van der Waals surface area contributed by atoms with Crippen molar-refractivity contribution in [2.75, 3.05) is 6.61 Å². The van der Waals surface area contributed by atoms with E-state index < -0.39 is 58.1 Å². The van der Waals surface area contributed by atoms with E-state index in [1.807, 2.05) is 13.8 Å². The molecule has 2 heterocycles. The van der Waals surface area contributed by atoms with E-state index in [2.05, 4.69) is 26.8 Å². The summed E-state index contributed by atoms with van der Waals surface area (Å²) in [5.74, 6) is -3.66. The first-order valence-electron chi connectivity index (χ1n) is 16.2. The molecule has 44 heavy (non-hydrogen) atoms. The van der Waals surface area contributed by atoms with Crippen LogP contribution < -0.4 is 0 Å². The largest absolute Gasteiger partial charge is 0.462 e. The number of hydrogen-bond donors (Lipinski definition) is 3. The molecule has 10 nitrogen and oxygen atoms in total. The molecule has 0 unspecified atom stereocenters. The molecule has 4 fully saturated rings. The first-order valence-corrected chi connectivity index (χ1v) is 16.2. The van der Waals surface area contributed by atoms with Gasteiger partial charge in [-0.1, -0.05) is 32.4 Å². The van der Waals surface area contributed by atoms with Crippen LogP contribution in [0.1, 0.15) is 101 Å². The number of carbonyl (C=O) groups excluding carboxylic acids is 3. The number of ether oxygens (including phenoxy) is 4. The molecule has 0 aromatic heterocycles. The minimum absolute atomic E-state index is 0.0405. The summed E-state index contributed by atoms with van der Waals surface area (Å²) in [6.07, 6.45) is 2.72. The lowest BCUT2D eigenvalue weighted by atomic mass is 9.39. The Balaban J connectivity index is 1.56. The van der Waals surface area contributed by atoms with Gasteiger partial charge in [-0.2, -0.15) is 0 Å². The molecule has 3 aliphatic carbocycles. The number of cyclic esters (lactones) is 1. The van der Waals surface area contributed by atoms with Crippen molar-refractivity contribution in [3.8, 4) is 0 Å². The molecular weight excluding hydrogens is 568 g/mol. The molecule has 11 atom stereocenters. The molecule has 0 aromatic carbocycles. The van der Waals surface area contributed by atoms with Gasteiger partial charge >= 0.3 is 17.9 Å². The van der Waals surface area contributed by atoms with Crippen LogP contribution in [0.15, 0.2) is 11.6 Å². The molecule has 5 rings (SSSR count). The molecule has 5 aliphatic rings. The highest BCUT2D eigenvalue weighted by Gasteiger charge is 2.72. The van der Waals surface area contributed by atoms with Gasteiger partial charge in [-0.05, 0) is 83.0 Å². The number of esters is 3. The van der Waals surface area contributed by atoms with Gasteiger partial charge in [-0.3, -0.25) is 14.4 Å². The van der Waals surface area contributed by atoms with Crippen molar-refractivity contribution in [3.05, 3.63) is 11.6 Å². The van der Waals surface area contributed by atoms with Crippen molar-refractivity contribution in [1.82, 2.24) is 0 Å². The maximum atomic E-state index is 13.1. The zero-order chi connectivity index (χ0) is 32.8. The second kappa shape index (κ2) is 10.5. The average Bonchev–Trinajstić information content (AvgIpc) is 3.20. The van der Waals surface area contributed by atoms with Crippen LogP contribution in [0.25, 0.3) is 0 Å². The fourth-order valence-electron chi connectivity index (χ4n) is 10.8. The first-order chi connectivity index (χ1) is 20.1. The van der Waals surface area contributed by atoms with Crippen LogP contribution in [0.5, 0.6) is 0 Å². The van der Waals surface area contributed by atoms with Crippen LogP contribution in [0, 0.1) is 39.9 Å². The second-order valence-corrected chi connectivity index (χ2v) is 16.0. The monoisotopic (exact) mass is 620 g/mol. The highest BCUT2D eigenvalue weighted by Crippen LogP contribution is 2.72. The van der Waals surface area contributed by atoms with E-state index in [0.29, 0.717) is 6.42 Å². The van der Waals surface area contributed by atoms with Crippen LogP contribution in [0.2, 0.25) is 0 Å². The Bertz CT molecular complexity index is 1230. The molecular formula is C34H52O10. The predicted molar refractivity (Wildman–Crippen MR) is 159 cm³/mol. The number of fused-ring (bicyclic) bond motifs is 5. The average molecular weight is 621 g/mol. The van der Waals surface area contributed by atoms with Crippen LogP contribution in [-0.4, -0.2) is 75.1 Å². The third kappa shape index (κ3) is 4.76. The summed E-state index contributed by atoms with van der Waals surface area (Å²) < 4.78 is 24.0. The topological polar surface area (TPSA) is 149 Å². The van der Waals surface area contributed by atoms with Gasteiger partial charge in [-0.15, -0.1) is 0 Å². The molecule has 2 saturated carbocycles. The Morgan fingerprint density at radius 2 is 1.61 bits per heavy atom. The summed E-state index contributed by atoms with van der Waals surface area (Å²) in [7, 11) is 0. The fraction of sp³-hybridized carbons (Fsp3) is 0.853. The summed E-state index contributed by atoms with van der Waals surface area (Å²) in [6.45, 7) is 16.2. The van der Waals surface area contributed by atoms with Crippen molar-refractivity contribution in [2.45, 2.75) is 136 Å². The predicted octanol–water partition coefficient (Wildman–Crippen LogP) is 3.83. The molecule has 0 aromatic rings. The fourth-order valence-corrected chi connectivity index (χ4v) is 10.8. The molecule has 10 heteroatoms. The Labute approximate surface area is 260 Å². The van der Waals surface area contributed by atoms with Gasteiger partial charge in [0.15, 0.2) is 0 Å². The second-order valence-electron chi connectivity index (χ2n) is 16.0. The summed E-state index contributed by atoms with van der Waals surface area (Å²) >= 11 is 0. The van der Waals surface area contributed by atoms with Gasteiger partial charge in [0.2, 0.25) is 5.79 Å². The summed E-state index contributed by atoms with van der Waals surface area (Å²) in [6, 6.07) is 0. The molecule has 0 radical (unpaired) electrons. The highest BCUT2D eigenvalue weighted by molar-refractivity contribution is 5.73. The third-order valence-electron chi connectivity index (χ3n) is 12.7. The van der Waals surface area contributed by atoms with Crippen LogP contribution >= 0.6 is 0 Å². The Hall–Kier alpha value is -2.01. The normalized spacial score (nSPS) is 46.8.